The van der Waals surface area contributed by atoms with Crippen molar-refractivity contribution >= 4 is 162 Å². The third kappa shape index (κ3) is 8.15. The Kier molecular flexibility index (Phi) is 11.3. The zero-order chi connectivity index (χ0) is 42.7. The molecule has 0 radical (unpaired) electrons. The van der Waals surface area contributed by atoms with Crippen molar-refractivity contribution in [2.24, 2.45) is 0 Å². The Morgan fingerprint density at radius 1 is 0.383 bits per heavy atom. The van der Waals surface area contributed by atoms with Crippen LogP contribution in [0.5, 0.6) is 0 Å². The maximum absolute atomic E-state index is 5.91. The van der Waals surface area contributed by atoms with Gasteiger partial charge in [-0.2, -0.15) is 0 Å². The second kappa shape index (κ2) is 16.1. The monoisotopic (exact) mass is 891 g/mol. The summed E-state index contributed by atoms with van der Waals surface area (Å²) in [5, 5.41) is 15.6. The molecule has 0 amide bonds. The Hall–Kier alpha value is -4.49. The number of fused-ring (bicyclic) bond motifs is 12. The number of aromatic nitrogens is 2. The number of nitrogen functional groups attached to an aromatic ring is 1. The molecule has 0 unspecified atom stereocenters. The normalized spacial score (nSPS) is 12.3. The number of aromatic amines is 2. The van der Waals surface area contributed by atoms with E-state index in [0.717, 1.165) is 5.69 Å². The first-order chi connectivity index (χ1) is 28.5. The molecule has 5 aromatic heterocycles. The van der Waals surface area contributed by atoms with Crippen molar-refractivity contribution in [1.82, 2.24) is 9.97 Å². The standard InChI is InChI=1S/2C17H17NSSi.C15H17NSSi.C2H6/c1-20(2,3)11-4-6-15-13(10-11)17-12-8-9-18-14(12)5-7-16(17)19-15;1-20(2,3)12-4-5-16-13(9-12)14-10-15-11(6-7-18-15)8-17(14)19-16;1-18(2,3)11-5-7-15-13(9-11)12-8-10(16)4-6-14(12)17-15;1-2/h2*4-10,18H,1-3H3;4-9H,16H2,1-3H3;1-2H3. The molecular formula is C51H57N3S3Si3. The molecule has 0 saturated carbocycles. The zero-order valence-corrected chi connectivity index (χ0v) is 42.3. The Balaban J connectivity index is 0.000000122. The first-order valence-electron chi connectivity index (χ1n) is 21.1. The van der Waals surface area contributed by atoms with Crippen LogP contribution in [0.15, 0.2) is 122 Å². The van der Waals surface area contributed by atoms with Crippen LogP contribution in [-0.4, -0.2) is 34.2 Å². The van der Waals surface area contributed by atoms with E-state index in [0.29, 0.717) is 0 Å². The van der Waals surface area contributed by atoms with E-state index < -0.39 is 24.2 Å². The number of hydrogen-bond acceptors (Lipinski definition) is 4. The third-order valence-corrected chi connectivity index (χ3v) is 20.9. The summed E-state index contributed by atoms with van der Waals surface area (Å²) in [7, 11) is -3.77. The highest BCUT2D eigenvalue weighted by atomic mass is 32.1. The molecular weight excluding hydrogens is 835 g/mol. The van der Waals surface area contributed by atoms with Gasteiger partial charge in [-0.05, 0) is 72.8 Å². The molecule has 0 atom stereocenters. The summed E-state index contributed by atoms with van der Waals surface area (Å²) >= 11 is 5.65. The molecule has 0 fully saturated rings. The summed E-state index contributed by atoms with van der Waals surface area (Å²) < 4.78 is 8.26. The van der Waals surface area contributed by atoms with Crippen LogP contribution in [0.25, 0.3) is 82.3 Å². The Labute approximate surface area is 369 Å². The SMILES string of the molecule is CC.C[Si](C)(C)c1ccc2sc3cc4cc[nH]c4cc3c2c1.C[Si](C)(C)c1ccc2sc3ccc(N)cc3c2c1.C[Si](C)(C)c1ccc2sc3ccc4[nH]ccc4c3c2c1. The number of nitrogens with one attached hydrogen (secondary N) is 2. The predicted octanol–water partition coefficient (Wildman–Crippen LogP) is 15.4. The summed E-state index contributed by atoms with van der Waals surface area (Å²) in [6.45, 7) is 25.6. The molecule has 0 aliphatic heterocycles. The van der Waals surface area contributed by atoms with Crippen LogP contribution in [-0.2, 0) is 0 Å². The fourth-order valence-electron chi connectivity index (χ4n) is 7.93. The van der Waals surface area contributed by atoms with Crippen LogP contribution >= 0.6 is 34.0 Å². The Morgan fingerprint density at radius 3 is 1.40 bits per heavy atom. The molecule has 11 aromatic rings. The minimum absolute atomic E-state index is 0.848. The highest BCUT2D eigenvalue weighted by Crippen LogP contribution is 2.39. The van der Waals surface area contributed by atoms with Gasteiger partial charge in [0.2, 0.25) is 0 Å². The first kappa shape index (κ1) is 42.2. The van der Waals surface area contributed by atoms with Gasteiger partial charge in [0.1, 0.15) is 0 Å². The van der Waals surface area contributed by atoms with E-state index in [1.165, 1.54) is 97.9 Å². The van der Waals surface area contributed by atoms with E-state index in [2.05, 4.69) is 172 Å². The second-order valence-corrected chi connectivity index (χ2v) is 37.2. The predicted molar refractivity (Wildman–Crippen MR) is 286 cm³/mol. The van der Waals surface area contributed by atoms with Gasteiger partial charge in [-0.1, -0.05) is 125 Å². The van der Waals surface area contributed by atoms with E-state index in [1.54, 1.807) is 0 Å². The molecule has 9 heteroatoms. The summed E-state index contributed by atoms with van der Waals surface area (Å²) in [5.41, 5.74) is 9.22. The minimum Gasteiger partial charge on any atom is -0.399 e. The maximum Gasteiger partial charge on any atom is 0.0776 e. The lowest BCUT2D eigenvalue weighted by Gasteiger charge is -2.16. The molecule has 4 N–H and O–H groups in total. The number of benzene rings is 6. The lowest BCUT2D eigenvalue weighted by atomic mass is 10.1. The first-order valence-corrected chi connectivity index (χ1v) is 34.1. The Morgan fingerprint density at radius 2 is 0.817 bits per heavy atom. The van der Waals surface area contributed by atoms with Crippen LogP contribution in [0.3, 0.4) is 0 Å². The number of nitrogens with two attached hydrogens (primary N) is 1. The smallest absolute Gasteiger partial charge is 0.0776 e. The van der Waals surface area contributed by atoms with Crippen LogP contribution < -0.4 is 21.3 Å². The van der Waals surface area contributed by atoms with Gasteiger partial charge in [-0.3, -0.25) is 0 Å². The summed E-state index contributed by atoms with van der Waals surface area (Å²) in [6, 6.07) is 40.7. The third-order valence-electron chi connectivity index (χ3n) is 11.4. The van der Waals surface area contributed by atoms with Crippen molar-refractivity contribution in [2.75, 3.05) is 5.73 Å². The average molecular weight is 892 g/mol. The zero-order valence-electron chi connectivity index (χ0n) is 36.8. The van der Waals surface area contributed by atoms with E-state index >= 15 is 0 Å². The van der Waals surface area contributed by atoms with E-state index in [-0.39, 0.29) is 0 Å². The maximum atomic E-state index is 5.91. The fraction of sp³-hybridized carbons (Fsp3) is 0.216. The molecule has 6 aromatic carbocycles. The van der Waals surface area contributed by atoms with E-state index in [9.17, 15) is 0 Å². The van der Waals surface area contributed by atoms with Crippen molar-refractivity contribution in [3.05, 3.63) is 122 Å². The number of H-pyrrole nitrogens is 2. The molecule has 5 heterocycles. The quantitative estimate of drug-likeness (QED) is 0.120. The molecule has 11 rings (SSSR count). The van der Waals surface area contributed by atoms with Gasteiger partial charge in [0, 0.05) is 100 Å². The largest absolute Gasteiger partial charge is 0.399 e. The van der Waals surface area contributed by atoms with Crippen molar-refractivity contribution in [3.8, 4) is 0 Å². The van der Waals surface area contributed by atoms with Gasteiger partial charge in [-0.25, -0.2) is 0 Å². The van der Waals surface area contributed by atoms with Gasteiger partial charge < -0.3 is 15.7 Å². The number of hydrogen-bond donors (Lipinski definition) is 3. The molecule has 306 valence electrons. The summed E-state index contributed by atoms with van der Waals surface area (Å²) in [5.74, 6) is 0. The van der Waals surface area contributed by atoms with Crippen LogP contribution in [0, 0.1) is 0 Å². The molecule has 3 nitrogen and oxygen atoms in total. The molecule has 0 aliphatic carbocycles. The van der Waals surface area contributed by atoms with Crippen molar-refractivity contribution in [2.45, 2.75) is 72.8 Å². The van der Waals surface area contributed by atoms with Gasteiger partial charge in [-0.15, -0.1) is 34.0 Å². The lowest BCUT2D eigenvalue weighted by molar-refractivity contribution is 1.48. The highest BCUT2D eigenvalue weighted by molar-refractivity contribution is 7.26. The van der Waals surface area contributed by atoms with Crippen molar-refractivity contribution < 1.29 is 0 Å². The van der Waals surface area contributed by atoms with Gasteiger partial charge in [0.25, 0.3) is 0 Å². The molecule has 60 heavy (non-hydrogen) atoms. The van der Waals surface area contributed by atoms with Gasteiger partial charge in [0.05, 0.1) is 24.2 Å². The van der Waals surface area contributed by atoms with E-state index in [1.807, 2.05) is 66.3 Å². The molecule has 0 spiro atoms. The van der Waals surface area contributed by atoms with Crippen molar-refractivity contribution in [3.63, 3.8) is 0 Å². The van der Waals surface area contributed by atoms with Gasteiger partial charge >= 0.3 is 0 Å². The molecule has 0 aliphatic rings. The van der Waals surface area contributed by atoms with Crippen LogP contribution in [0.4, 0.5) is 5.69 Å². The minimum atomic E-state index is -1.27. The highest BCUT2D eigenvalue weighted by Gasteiger charge is 2.20. The van der Waals surface area contributed by atoms with Crippen LogP contribution in [0.1, 0.15) is 13.8 Å². The van der Waals surface area contributed by atoms with Crippen molar-refractivity contribution in [1.29, 1.82) is 0 Å². The average Bonchev–Trinajstić information content (AvgIpc) is 4.05. The molecule has 0 bridgehead atoms. The fourth-order valence-corrected chi connectivity index (χ4v) is 14.7. The second-order valence-electron chi connectivity index (χ2n) is 18.7. The number of thiophene rings is 3. The van der Waals surface area contributed by atoms with Gasteiger partial charge in [0.15, 0.2) is 0 Å². The van der Waals surface area contributed by atoms with E-state index in [4.69, 9.17) is 5.73 Å². The van der Waals surface area contributed by atoms with Crippen LogP contribution in [0.2, 0.25) is 58.9 Å². The summed E-state index contributed by atoms with van der Waals surface area (Å²) in [6.07, 6.45) is 4.06. The lowest BCUT2D eigenvalue weighted by Crippen LogP contribution is -2.37. The number of rotatable bonds is 3. The topological polar surface area (TPSA) is 57.6 Å². The Bertz CT molecular complexity index is 3320. The number of anilines is 1. The molecule has 0 saturated heterocycles. The summed E-state index contributed by atoms with van der Waals surface area (Å²) in [4.78, 5) is 6.65.